The second-order valence-corrected chi connectivity index (χ2v) is 7.18. The Hall–Kier alpha value is -2.57. The number of para-hydroxylation sites is 2. The van der Waals surface area contributed by atoms with E-state index in [-0.39, 0.29) is 30.3 Å². The minimum atomic E-state index is -0.527. The molecule has 0 saturated carbocycles. The van der Waals surface area contributed by atoms with E-state index < -0.39 is 5.76 Å². The van der Waals surface area contributed by atoms with Gasteiger partial charge in [-0.25, -0.2) is 4.79 Å². The zero-order chi connectivity index (χ0) is 18.3. The number of benzene rings is 1. The molecule has 0 aliphatic carbocycles. The summed E-state index contributed by atoms with van der Waals surface area (Å²) in [6, 6.07) is 7.17. The Bertz CT molecular complexity index is 900. The monoisotopic (exact) mass is 357 g/mol. The summed E-state index contributed by atoms with van der Waals surface area (Å²) in [7, 11) is 0. The maximum Gasteiger partial charge on any atom is 0.420 e. The summed E-state index contributed by atoms with van der Waals surface area (Å²) in [6.07, 6.45) is 2.69. The first kappa shape index (κ1) is 16.9. The molecule has 2 aromatic rings. The maximum atomic E-state index is 12.9. The van der Waals surface area contributed by atoms with E-state index in [9.17, 15) is 14.4 Å². The maximum absolute atomic E-state index is 12.9. The van der Waals surface area contributed by atoms with Gasteiger partial charge in [-0.1, -0.05) is 19.1 Å². The van der Waals surface area contributed by atoms with Gasteiger partial charge in [-0.15, -0.1) is 0 Å². The fourth-order valence-electron chi connectivity index (χ4n) is 4.18. The summed E-state index contributed by atoms with van der Waals surface area (Å²) in [5, 5.41) is 0. The highest BCUT2D eigenvalue weighted by atomic mass is 16.4. The third-order valence-corrected chi connectivity index (χ3v) is 5.48. The van der Waals surface area contributed by atoms with Crippen LogP contribution in [-0.4, -0.2) is 51.9 Å². The molecule has 0 radical (unpaired) electrons. The molecule has 4 heterocycles. The van der Waals surface area contributed by atoms with Gasteiger partial charge in [0, 0.05) is 25.7 Å². The molecule has 3 aliphatic heterocycles. The van der Waals surface area contributed by atoms with Crippen LogP contribution < -0.4 is 5.76 Å². The molecule has 0 N–H and O–H groups in total. The van der Waals surface area contributed by atoms with Crippen LogP contribution in [0.4, 0.5) is 0 Å². The van der Waals surface area contributed by atoms with Gasteiger partial charge >= 0.3 is 5.76 Å². The molecule has 1 aromatic heterocycles. The van der Waals surface area contributed by atoms with E-state index in [1.165, 1.54) is 4.57 Å². The van der Waals surface area contributed by atoms with Gasteiger partial charge in [0.05, 0.1) is 11.4 Å². The van der Waals surface area contributed by atoms with Crippen LogP contribution in [0.2, 0.25) is 0 Å². The number of nitrogens with zero attached hydrogens (tertiary/aromatic N) is 3. The molecule has 26 heavy (non-hydrogen) atoms. The van der Waals surface area contributed by atoms with Gasteiger partial charge < -0.3 is 14.2 Å². The lowest BCUT2D eigenvalue weighted by Crippen LogP contribution is -2.48. The lowest BCUT2D eigenvalue weighted by Gasteiger charge is -2.35. The smallest absolute Gasteiger partial charge is 0.408 e. The number of carbonyl (C=O) groups excluding carboxylic acids is 2. The highest BCUT2D eigenvalue weighted by Crippen LogP contribution is 2.29. The van der Waals surface area contributed by atoms with Crippen molar-refractivity contribution in [3.8, 4) is 0 Å². The van der Waals surface area contributed by atoms with Crippen LogP contribution in [0, 0.1) is 5.92 Å². The van der Waals surface area contributed by atoms with Crippen LogP contribution in [0.3, 0.4) is 0 Å². The van der Waals surface area contributed by atoms with Crippen molar-refractivity contribution < 1.29 is 14.0 Å². The normalized spacial score (nSPS) is 22.9. The number of oxazole rings is 1. The van der Waals surface area contributed by atoms with Crippen molar-refractivity contribution >= 4 is 22.9 Å². The predicted octanol–water partition coefficient (Wildman–Crippen LogP) is 1.45. The van der Waals surface area contributed by atoms with Gasteiger partial charge in [0.2, 0.25) is 11.8 Å². The van der Waals surface area contributed by atoms with Crippen LogP contribution in [0.1, 0.15) is 26.2 Å². The average Bonchev–Trinajstić information content (AvgIpc) is 2.78. The third kappa shape index (κ3) is 2.81. The Kier molecular flexibility index (Phi) is 4.30. The number of rotatable bonds is 4. The summed E-state index contributed by atoms with van der Waals surface area (Å²) in [4.78, 5) is 41.3. The Morgan fingerprint density at radius 2 is 2.00 bits per heavy atom. The molecular formula is C19H23N3O4. The molecule has 2 amide bonds. The molecule has 0 unspecified atom stereocenters. The van der Waals surface area contributed by atoms with E-state index in [0.717, 1.165) is 25.8 Å². The van der Waals surface area contributed by atoms with Gasteiger partial charge in [-0.2, -0.15) is 0 Å². The lowest BCUT2D eigenvalue weighted by atomic mass is 9.94. The zero-order valence-corrected chi connectivity index (χ0v) is 14.9. The first-order chi connectivity index (χ1) is 12.6. The van der Waals surface area contributed by atoms with Crippen molar-refractivity contribution in [2.75, 3.05) is 19.6 Å². The molecule has 7 nitrogen and oxygen atoms in total. The average molecular weight is 357 g/mol. The summed E-state index contributed by atoms with van der Waals surface area (Å²) >= 11 is 0. The fraction of sp³-hybridized carbons (Fsp3) is 0.526. The minimum Gasteiger partial charge on any atom is -0.408 e. The van der Waals surface area contributed by atoms with Crippen LogP contribution in [-0.2, 0) is 16.1 Å². The number of hydrogen-bond acceptors (Lipinski definition) is 4. The summed E-state index contributed by atoms with van der Waals surface area (Å²) < 4.78 is 6.58. The van der Waals surface area contributed by atoms with E-state index >= 15 is 0 Å². The predicted molar refractivity (Wildman–Crippen MR) is 95.6 cm³/mol. The molecule has 7 heteroatoms. The van der Waals surface area contributed by atoms with Crippen molar-refractivity contribution in [2.45, 2.75) is 38.8 Å². The third-order valence-electron chi connectivity index (χ3n) is 5.48. The molecular weight excluding hydrogens is 334 g/mol. The Balaban J connectivity index is 1.56. The molecule has 1 aromatic carbocycles. The summed E-state index contributed by atoms with van der Waals surface area (Å²) in [6.45, 7) is 3.74. The van der Waals surface area contributed by atoms with Crippen LogP contribution in [0.5, 0.6) is 0 Å². The highest BCUT2D eigenvalue weighted by molar-refractivity contribution is 5.84. The molecule has 3 saturated heterocycles. The minimum absolute atomic E-state index is 0.0583. The summed E-state index contributed by atoms with van der Waals surface area (Å²) in [5.74, 6) is -0.617. The molecule has 0 spiro atoms. The van der Waals surface area contributed by atoms with Crippen molar-refractivity contribution in [3.63, 3.8) is 0 Å². The number of fused-ring (bicyclic) bond motifs is 5. The largest absolute Gasteiger partial charge is 0.420 e. The SMILES string of the molecule is CCCN1C(=O)[C@H]2CC[C@@H]1CN(C(=O)Cn1c(=O)oc3ccccc31)C2. The summed E-state index contributed by atoms with van der Waals surface area (Å²) in [5.41, 5.74) is 1.10. The zero-order valence-electron chi connectivity index (χ0n) is 14.9. The quantitative estimate of drug-likeness (QED) is 0.830. The molecule has 5 rings (SSSR count). The highest BCUT2D eigenvalue weighted by Gasteiger charge is 2.41. The van der Waals surface area contributed by atoms with E-state index in [2.05, 4.69) is 6.92 Å². The van der Waals surface area contributed by atoms with Crippen molar-refractivity contribution in [2.24, 2.45) is 5.92 Å². The van der Waals surface area contributed by atoms with Gasteiger partial charge in [-0.3, -0.25) is 14.2 Å². The van der Waals surface area contributed by atoms with Gasteiger partial charge in [0.1, 0.15) is 6.54 Å². The standard InChI is InChI=1S/C19H23N3O4/c1-2-9-21-14-8-7-13(18(21)24)10-20(11-14)17(23)12-22-15-5-3-4-6-16(15)26-19(22)25/h3-6,13-14H,2,7-12H2,1H3/t13-,14+/m0/s1. The number of amides is 2. The Morgan fingerprint density at radius 3 is 2.81 bits per heavy atom. The number of hydrogen-bond donors (Lipinski definition) is 0. The van der Waals surface area contributed by atoms with E-state index in [1.807, 2.05) is 11.0 Å². The lowest BCUT2D eigenvalue weighted by molar-refractivity contribution is -0.139. The first-order valence-electron chi connectivity index (χ1n) is 9.25. The number of aromatic nitrogens is 1. The van der Waals surface area contributed by atoms with E-state index in [4.69, 9.17) is 4.42 Å². The molecule has 138 valence electrons. The van der Waals surface area contributed by atoms with E-state index in [0.29, 0.717) is 24.2 Å². The Morgan fingerprint density at radius 1 is 1.19 bits per heavy atom. The fourth-order valence-corrected chi connectivity index (χ4v) is 4.18. The van der Waals surface area contributed by atoms with Crippen LogP contribution in [0.15, 0.2) is 33.5 Å². The molecule has 3 aliphatic rings. The molecule has 3 fully saturated rings. The Labute approximate surface area is 151 Å². The van der Waals surface area contributed by atoms with Crippen LogP contribution >= 0.6 is 0 Å². The topological polar surface area (TPSA) is 75.8 Å². The van der Waals surface area contributed by atoms with Gasteiger partial charge in [0.25, 0.3) is 0 Å². The second-order valence-electron chi connectivity index (χ2n) is 7.18. The van der Waals surface area contributed by atoms with Crippen molar-refractivity contribution in [3.05, 3.63) is 34.8 Å². The second kappa shape index (κ2) is 6.63. The van der Waals surface area contributed by atoms with Gasteiger partial charge in [0.15, 0.2) is 5.58 Å². The van der Waals surface area contributed by atoms with Crippen LogP contribution in [0.25, 0.3) is 11.1 Å². The number of carbonyl (C=O) groups is 2. The van der Waals surface area contributed by atoms with Gasteiger partial charge in [-0.05, 0) is 31.4 Å². The molecule has 2 atom stereocenters. The van der Waals surface area contributed by atoms with Crippen molar-refractivity contribution in [1.82, 2.24) is 14.4 Å². The number of piperidine rings is 1. The molecule has 2 bridgehead atoms. The first-order valence-corrected chi connectivity index (χ1v) is 9.25. The van der Waals surface area contributed by atoms with Crippen molar-refractivity contribution in [1.29, 1.82) is 0 Å². The van der Waals surface area contributed by atoms with E-state index in [1.54, 1.807) is 23.1 Å².